The lowest BCUT2D eigenvalue weighted by atomic mass is 10.1. The first-order valence-corrected chi connectivity index (χ1v) is 8.06. The number of hydrogen-bond acceptors (Lipinski definition) is 3. The lowest BCUT2D eigenvalue weighted by Gasteiger charge is -2.23. The summed E-state index contributed by atoms with van der Waals surface area (Å²) in [6, 6.07) is 6.18. The van der Waals surface area contributed by atoms with Crippen molar-refractivity contribution in [3.63, 3.8) is 0 Å². The van der Waals surface area contributed by atoms with Gasteiger partial charge in [-0.15, -0.1) is 0 Å². The van der Waals surface area contributed by atoms with Crippen LogP contribution in [0.4, 0.5) is 0 Å². The van der Waals surface area contributed by atoms with E-state index in [1.54, 1.807) is 12.1 Å². The van der Waals surface area contributed by atoms with Gasteiger partial charge >= 0.3 is 5.97 Å². The molecule has 1 fully saturated rings. The van der Waals surface area contributed by atoms with Crippen LogP contribution in [-0.2, 0) is 0 Å². The summed E-state index contributed by atoms with van der Waals surface area (Å²) in [5.74, 6) is -0.968. The molecule has 5 heteroatoms. The third-order valence-electron chi connectivity index (χ3n) is 3.63. The fourth-order valence-corrected chi connectivity index (χ4v) is 3.15. The molecule has 0 bridgehead atoms. The molecule has 0 spiro atoms. The van der Waals surface area contributed by atoms with Crippen LogP contribution in [0.15, 0.2) is 24.3 Å². The highest BCUT2D eigenvalue weighted by Crippen LogP contribution is 2.21. The van der Waals surface area contributed by atoms with Gasteiger partial charge in [0.1, 0.15) is 0 Å². The molecule has 1 saturated heterocycles. The van der Waals surface area contributed by atoms with E-state index in [1.165, 1.54) is 12.1 Å². The number of nitrogens with zero attached hydrogens (tertiary/aromatic N) is 1. The first kappa shape index (κ1) is 14.9. The summed E-state index contributed by atoms with van der Waals surface area (Å²) >= 11 is 1.81. The number of carboxylic acid groups (broad SMARTS) is 1. The Hall–Kier alpha value is -1.49. The van der Waals surface area contributed by atoms with Crippen LogP contribution < -0.4 is 0 Å². The van der Waals surface area contributed by atoms with E-state index in [0.29, 0.717) is 10.8 Å². The molecule has 1 aliphatic rings. The Morgan fingerprint density at radius 3 is 2.45 bits per heavy atom. The molecule has 20 heavy (non-hydrogen) atoms. The van der Waals surface area contributed by atoms with Gasteiger partial charge in [-0.2, -0.15) is 11.8 Å². The zero-order valence-corrected chi connectivity index (χ0v) is 12.4. The van der Waals surface area contributed by atoms with Crippen LogP contribution in [0.5, 0.6) is 0 Å². The molecule has 0 saturated carbocycles. The number of amides is 1. The molecule has 108 valence electrons. The van der Waals surface area contributed by atoms with Crippen molar-refractivity contribution in [2.24, 2.45) is 0 Å². The van der Waals surface area contributed by atoms with E-state index in [4.69, 9.17) is 5.11 Å². The molecule has 1 amide bonds. The van der Waals surface area contributed by atoms with Crippen molar-refractivity contribution >= 4 is 23.6 Å². The second-order valence-corrected chi connectivity index (χ2v) is 6.13. The standard InChI is InChI=1S/C15H19NO3S/c1-20-13-4-2-3-9-16(10-13)14(17)11-5-7-12(8-6-11)15(18)19/h5-8,13H,2-4,9-10H2,1H3,(H,18,19). The summed E-state index contributed by atoms with van der Waals surface area (Å²) in [6.07, 6.45) is 5.44. The van der Waals surface area contributed by atoms with E-state index < -0.39 is 5.97 Å². The fourth-order valence-electron chi connectivity index (χ4n) is 2.42. The molecule has 1 heterocycles. The van der Waals surface area contributed by atoms with E-state index >= 15 is 0 Å². The predicted octanol–water partition coefficient (Wildman–Crippen LogP) is 2.74. The van der Waals surface area contributed by atoms with Gasteiger partial charge < -0.3 is 10.0 Å². The Morgan fingerprint density at radius 1 is 1.20 bits per heavy atom. The van der Waals surface area contributed by atoms with Gasteiger partial charge in [0, 0.05) is 23.9 Å². The number of benzene rings is 1. The largest absolute Gasteiger partial charge is 0.478 e. The monoisotopic (exact) mass is 293 g/mol. The third-order valence-corrected chi connectivity index (χ3v) is 4.68. The summed E-state index contributed by atoms with van der Waals surface area (Å²) in [7, 11) is 0. The van der Waals surface area contributed by atoms with Gasteiger partial charge in [-0.05, 0) is 43.4 Å². The molecule has 0 radical (unpaired) electrons. The second kappa shape index (κ2) is 6.79. The molecule has 1 aromatic carbocycles. The van der Waals surface area contributed by atoms with Crippen molar-refractivity contribution in [2.75, 3.05) is 19.3 Å². The van der Waals surface area contributed by atoms with Crippen molar-refractivity contribution in [2.45, 2.75) is 24.5 Å². The SMILES string of the molecule is CSC1CCCCN(C(=O)c2ccc(C(=O)O)cc2)C1. The van der Waals surface area contributed by atoms with Crippen LogP contribution in [0.1, 0.15) is 40.0 Å². The smallest absolute Gasteiger partial charge is 0.335 e. The number of carbonyl (C=O) groups excluding carboxylic acids is 1. The van der Waals surface area contributed by atoms with Crippen LogP contribution in [0.25, 0.3) is 0 Å². The zero-order valence-electron chi connectivity index (χ0n) is 11.5. The number of rotatable bonds is 3. The summed E-state index contributed by atoms with van der Waals surface area (Å²) in [5, 5.41) is 9.37. The Balaban J connectivity index is 2.11. The summed E-state index contributed by atoms with van der Waals surface area (Å²) in [4.78, 5) is 25.2. The van der Waals surface area contributed by atoms with E-state index in [2.05, 4.69) is 6.26 Å². The van der Waals surface area contributed by atoms with Crippen LogP contribution >= 0.6 is 11.8 Å². The van der Waals surface area contributed by atoms with E-state index in [9.17, 15) is 9.59 Å². The molecular weight excluding hydrogens is 274 g/mol. The van der Waals surface area contributed by atoms with Crippen molar-refractivity contribution in [1.82, 2.24) is 4.90 Å². The molecule has 1 unspecified atom stereocenters. The number of likely N-dealkylation sites (tertiary alicyclic amines) is 1. The first-order valence-electron chi connectivity index (χ1n) is 6.77. The second-order valence-electron chi connectivity index (χ2n) is 4.99. The van der Waals surface area contributed by atoms with E-state index in [0.717, 1.165) is 32.4 Å². The molecule has 0 aromatic heterocycles. The minimum Gasteiger partial charge on any atom is -0.478 e. The van der Waals surface area contributed by atoms with Gasteiger partial charge in [-0.1, -0.05) is 6.42 Å². The van der Waals surface area contributed by atoms with E-state index in [-0.39, 0.29) is 11.5 Å². The molecule has 2 rings (SSSR count). The number of carboxylic acids is 1. The number of carbonyl (C=O) groups is 2. The molecule has 1 aromatic rings. The quantitative estimate of drug-likeness (QED) is 0.931. The van der Waals surface area contributed by atoms with Gasteiger partial charge in [0.2, 0.25) is 0 Å². The maximum atomic E-state index is 12.5. The lowest BCUT2D eigenvalue weighted by Crippen LogP contribution is -2.35. The topological polar surface area (TPSA) is 57.6 Å². The van der Waals surface area contributed by atoms with Gasteiger partial charge in [-0.25, -0.2) is 4.79 Å². The Labute approximate surface area is 123 Å². The third kappa shape index (κ3) is 3.54. The average molecular weight is 293 g/mol. The highest BCUT2D eigenvalue weighted by atomic mass is 32.2. The molecule has 1 atom stereocenters. The molecular formula is C15H19NO3S. The molecule has 0 aliphatic carbocycles. The molecule has 4 nitrogen and oxygen atoms in total. The van der Waals surface area contributed by atoms with Crippen molar-refractivity contribution in [1.29, 1.82) is 0 Å². The molecule has 1 aliphatic heterocycles. The maximum Gasteiger partial charge on any atom is 0.335 e. The van der Waals surface area contributed by atoms with Crippen LogP contribution in [0.2, 0.25) is 0 Å². The summed E-state index contributed by atoms with van der Waals surface area (Å²) in [5.41, 5.74) is 0.774. The van der Waals surface area contributed by atoms with E-state index in [1.807, 2.05) is 16.7 Å². The fraction of sp³-hybridized carbons (Fsp3) is 0.467. The van der Waals surface area contributed by atoms with Crippen molar-refractivity contribution < 1.29 is 14.7 Å². The van der Waals surface area contributed by atoms with Crippen LogP contribution in [-0.4, -0.2) is 46.5 Å². The minimum atomic E-state index is -0.971. The Morgan fingerprint density at radius 2 is 1.85 bits per heavy atom. The predicted molar refractivity (Wildman–Crippen MR) is 80.5 cm³/mol. The summed E-state index contributed by atoms with van der Waals surface area (Å²) in [6.45, 7) is 1.57. The maximum absolute atomic E-state index is 12.5. The van der Waals surface area contributed by atoms with Crippen molar-refractivity contribution in [3.05, 3.63) is 35.4 Å². The van der Waals surface area contributed by atoms with Gasteiger partial charge in [0.15, 0.2) is 0 Å². The zero-order chi connectivity index (χ0) is 14.5. The Kier molecular flexibility index (Phi) is 5.06. The molecule has 1 N–H and O–H groups in total. The average Bonchev–Trinajstić information content (AvgIpc) is 2.72. The highest BCUT2D eigenvalue weighted by Gasteiger charge is 2.22. The van der Waals surface area contributed by atoms with Crippen LogP contribution in [0.3, 0.4) is 0 Å². The Bertz CT molecular complexity index is 486. The first-order chi connectivity index (χ1) is 9.61. The lowest BCUT2D eigenvalue weighted by molar-refractivity contribution is 0.0694. The number of hydrogen-bond donors (Lipinski definition) is 1. The van der Waals surface area contributed by atoms with Crippen molar-refractivity contribution in [3.8, 4) is 0 Å². The summed E-state index contributed by atoms with van der Waals surface area (Å²) < 4.78 is 0. The minimum absolute atomic E-state index is 0.00267. The number of aromatic carboxylic acids is 1. The van der Waals surface area contributed by atoms with Gasteiger partial charge in [-0.3, -0.25) is 4.79 Å². The number of thioether (sulfide) groups is 1. The van der Waals surface area contributed by atoms with Crippen LogP contribution in [0, 0.1) is 0 Å². The van der Waals surface area contributed by atoms with Gasteiger partial charge in [0.05, 0.1) is 5.56 Å². The highest BCUT2D eigenvalue weighted by molar-refractivity contribution is 7.99. The normalized spacial score (nSPS) is 19.4. The van der Waals surface area contributed by atoms with Gasteiger partial charge in [0.25, 0.3) is 5.91 Å².